The van der Waals surface area contributed by atoms with Crippen molar-refractivity contribution in [2.45, 2.75) is 62.4 Å². The Balaban J connectivity index is 0.910. The molecule has 3 aliphatic heterocycles. The molecule has 18 heteroatoms. The first-order chi connectivity index (χ1) is 26.9. The number of hydrogen-bond acceptors (Lipinski definition) is 13. The molecule has 2 fully saturated rings. The zero-order chi connectivity index (χ0) is 39.7. The first-order valence-corrected chi connectivity index (χ1v) is 18.1. The normalized spacial score (nSPS) is 23.0. The van der Waals surface area contributed by atoms with Gasteiger partial charge in [-0.2, -0.15) is 0 Å². The number of aryl methyl sites for hydroxylation is 1. The van der Waals surface area contributed by atoms with Crippen LogP contribution in [0.1, 0.15) is 57.1 Å². The Morgan fingerprint density at radius 3 is 2.61 bits per heavy atom. The molecule has 2 aromatic carbocycles. The Hall–Kier alpha value is -5.79. The maximum Gasteiger partial charge on any atom is 0.287 e. The number of furan rings is 1. The van der Waals surface area contributed by atoms with Gasteiger partial charge in [0, 0.05) is 49.6 Å². The molecular formula is C38H42N6O12. The Kier molecular flexibility index (Phi) is 11.1. The lowest BCUT2D eigenvalue weighted by Crippen LogP contribution is -2.64. The lowest BCUT2D eigenvalue weighted by atomic mass is 9.97. The second-order valence-electron chi connectivity index (χ2n) is 13.8. The van der Waals surface area contributed by atoms with Crippen LogP contribution >= 0.6 is 0 Å². The van der Waals surface area contributed by atoms with Crippen molar-refractivity contribution >= 4 is 57.9 Å². The third-order valence-corrected chi connectivity index (χ3v) is 9.98. The molecular weight excluding hydrogens is 732 g/mol. The Morgan fingerprint density at radius 1 is 1.00 bits per heavy atom. The van der Waals surface area contributed by atoms with Gasteiger partial charge < -0.3 is 64.5 Å². The molecule has 0 saturated carbocycles. The molecule has 4 aromatic rings. The summed E-state index contributed by atoms with van der Waals surface area (Å²) in [5, 5.41) is 48.3. The van der Waals surface area contributed by atoms with Gasteiger partial charge in [0.1, 0.15) is 35.6 Å². The van der Waals surface area contributed by atoms with Crippen molar-refractivity contribution in [1.82, 2.24) is 14.8 Å². The van der Waals surface area contributed by atoms with Gasteiger partial charge in [-0.1, -0.05) is 0 Å². The number of aliphatic imine (C=N–C) groups is 1. The van der Waals surface area contributed by atoms with Crippen molar-refractivity contribution in [2.24, 2.45) is 12.0 Å². The molecule has 2 aromatic heterocycles. The zero-order valence-electron chi connectivity index (χ0n) is 30.5. The van der Waals surface area contributed by atoms with Gasteiger partial charge in [0.2, 0.25) is 5.91 Å². The minimum atomic E-state index is -1.70. The van der Waals surface area contributed by atoms with E-state index in [9.17, 15) is 39.6 Å². The van der Waals surface area contributed by atoms with Crippen LogP contribution in [-0.4, -0.2) is 123 Å². The number of fused-ring (bicyclic) bond motifs is 3. The summed E-state index contributed by atoms with van der Waals surface area (Å²) < 4.78 is 23.7. The van der Waals surface area contributed by atoms with Crippen molar-refractivity contribution in [3.63, 3.8) is 0 Å². The number of benzene rings is 2. The van der Waals surface area contributed by atoms with Crippen LogP contribution in [-0.2, 0) is 16.6 Å². The smallest absolute Gasteiger partial charge is 0.287 e. The number of carbonyl (C=O) groups excluding carboxylic acids is 4. The number of ether oxygens (including phenoxy) is 3. The van der Waals surface area contributed by atoms with Crippen molar-refractivity contribution < 1.29 is 58.2 Å². The monoisotopic (exact) mass is 774 g/mol. The number of anilines is 2. The molecule has 2 saturated heterocycles. The predicted octanol–water partition coefficient (Wildman–Crippen LogP) is 1.68. The number of aliphatic hydroxyl groups is 4. The van der Waals surface area contributed by atoms with E-state index < -0.39 is 49.1 Å². The van der Waals surface area contributed by atoms with E-state index in [4.69, 9.17) is 18.6 Å². The number of carbonyl (C=O) groups is 4. The number of rotatable bonds is 12. The van der Waals surface area contributed by atoms with E-state index >= 15 is 0 Å². The zero-order valence-corrected chi connectivity index (χ0v) is 30.5. The van der Waals surface area contributed by atoms with Gasteiger partial charge in [0.05, 0.1) is 43.3 Å². The number of aliphatic hydroxyl groups excluding tert-OH is 4. The number of hydrogen-bond donors (Lipinski definition) is 7. The summed E-state index contributed by atoms with van der Waals surface area (Å²) in [5.41, 5.74) is 2.33. The molecule has 18 nitrogen and oxygen atoms in total. The van der Waals surface area contributed by atoms with E-state index in [0.717, 1.165) is 12.8 Å². The second kappa shape index (κ2) is 16.1. The largest absolute Gasteiger partial charge is 0.493 e. The molecule has 0 radical (unpaired) electrons. The van der Waals surface area contributed by atoms with Gasteiger partial charge in [-0.05, 0) is 55.7 Å². The molecule has 7 N–H and O–H groups in total. The second-order valence-corrected chi connectivity index (χ2v) is 13.8. The van der Waals surface area contributed by atoms with Crippen LogP contribution < -0.4 is 25.4 Å². The van der Waals surface area contributed by atoms with Crippen molar-refractivity contribution in [3.05, 3.63) is 65.7 Å². The van der Waals surface area contributed by atoms with Gasteiger partial charge >= 0.3 is 0 Å². The van der Waals surface area contributed by atoms with Crippen LogP contribution in [0.15, 0.2) is 58.1 Å². The number of nitrogens with zero attached hydrogens (tertiary/aromatic N) is 3. The van der Waals surface area contributed by atoms with Crippen molar-refractivity contribution in [3.8, 4) is 11.5 Å². The summed E-state index contributed by atoms with van der Waals surface area (Å²) in [7, 11) is 3.15. The van der Waals surface area contributed by atoms with Crippen LogP contribution in [0.2, 0.25) is 0 Å². The highest BCUT2D eigenvalue weighted by Crippen LogP contribution is 2.38. The van der Waals surface area contributed by atoms with Crippen LogP contribution in [0, 0.1) is 0 Å². The Morgan fingerprint density at radius 2 is 1.82 bits per heavy atom. The van der Waals surface area contributed by atoms with E-state index in [0.29, 0.717) is 58.1 Å². The quantitative estimate of drug-likeness (QED) is 0.102. The highest BCUT2D eigenvalue weighted by atomic mass is 16.6. The topological polar surface area (TPSA) is 247 Å². The van der Waals surface area contributed by atoms with Crippen molar-refractivity contribution in [1.29, 1.82) is 0 Å². The SMILES string of the molecule is COc1cc2c(cc1OCCCC(=O)Nc1cc(C(=O)Nc3ccc4oc(C(=O)NC5C(O)OC(CO)C(O)C5O)cc4c3)n(C)c1)N=CC1CCCN1C2=O. The molecule has 6 unspecified atom stereocenters. The third kappa shape index (κ3) is 7.82. The molecule has 0 bridgehead atoms. The first kappa shape index (κ1) is 38.5. The predicted molar refractivity (Wildman–Crippen MR) is 199 cm³/mol. The molecule has 6 atom stereocenters. The van der Waals surface area contributed by atoms with Gasteiger partial charge in [-0.25, -0.2) is 0 Å². The molecule has 4 amide bonds. The molecule has 0 spiro atoms. The maximum absolute atomic E-state index is 13.2. The average molecular weight is 775 g/mol. The van der Waals surface area contributed by atoms with Crippen LogP contribution in [0.25, 0.3) is 11.0 Å². The van der Waals surface area contributed by atoms with Crippen LogP contribution in [0.5, 0.6) is 11.5 Å². The maximum atomic E-state index is 13.2. The van der Waals surface area contributed by atoms with E-state index in [2.05, 4.69) is 20.9 Å². The summed E-state index contributed by atoms with van der Waals surface area (Å²) in [5.74, 6) is -1.00. The lowest BCUT2D eigenvalue weighted by molar-refractivity contribution is -0.252. The molecule has 5 heterocycles. The fourth-order valence-electron chi connectivity index (χ4n) is 7.02. The molecule has 7 rings (SSSR count). The van der Waals surface area contributed by atoms with Gasteiger partial charge in [0.15, 0.2) is 23.5 Å². The van der Waals surface area contributed by atoms with E-state index in [1.807, 2.05) is 4.90 Å². The summed E-state index contributed by atoms with van der Waals surface area (Å²) in [6, 6.07) is 9.55. The Labute approximate surface area is 319 Å². The number of nitrogens with one attached hydrogen (secondary N) is 3. The van der Waals surface area contributed by atoms with E-state index in [-0.39, 0.29) is 42.3 Å². The fraction of sp³-hybridized carbons (Fsp3) is 0.395. The molecule has 0 aliphatic carbocycles. The highest BCUT2D eigenvalue weighted by Gasteiger charge is 2.44. The molecule has 296 valence electrons. The minimum absolute atomic E-state index is 0.0190. The average Bonchev–Trinajstić information content (AvgIpc) is 3.91. The Bertz CT molecular complexity index is 2180. The van der Waals surface area contributed by atoms with Crippen molar-refractivity contribution in [2.75, 3.05) is 37.5 Å². The lowest BCUT2D eigenvalue weighted by Gasteiger charge is -2.40. The van der Waals surface area contributed by atoms with Crippen LogP contribution in [0.4, 0.5) is 17.1 Å². The summed E-state index contributed by atoms with van der Waals surface area (Å²) in [4.78, 5) is 58.4. The van der Waals surface area contributed by atoms with Gasteiger partial charge in [0.25, 0.3) is 17.7 Å². The van der Waals surface area contributed by atoms with E-state index in [1.165, 1.54) is 19.2 Å². The molecule has 56 heavy (non-hydrogen) atoms. The minimum Gasteiger partial charge on any atom is -0.493 e. The fourth-order valence-corrected chi connectivity index (χ4v) is 7.02. The summed E-state index contributed by atoms with van der Waals surface area (Å²) in [6.45, 7) is 0.240. The standard InChI is InChI=1S/C38H42N6O12/c1-43-17-21(40-31(46)6-4-10-54-28-15-24-23(14-27(28)53-2)37(51)44-9-3-5-22(44)16-39-24)13-25(43)35(49)41-20-7-8-26-19(11-20)12-29(55-26)36(50)42-32-34(48)33(47)30(18-45)56-38(32)52/h7-8,11-17,22,30,32-34,38,45,47-48,52H,3-6,9-10,18H2,1-2H3,(H,40,46)(H,41,49)(H,42,50). The first-order valence-electron chi connectivity index (χ1n) is 18.1. The summed E-state index contributed by atoms with van der Waals surface area (Å²) >= 11 is 0. The summed E-state index contributed by atoms with van der Waals surface area (Å²) in [6.07, 6.45) is -0.374. The van der Waals surface area contributed by atoms with E-state index in [1.54, 1.807) is 54.4 Å². The molecule has 3 aliphatic rings. The number of aromatic nitrogens is 1. The highest BCUT2D eigenvalue weighted by molar-refractivity contribution is 6.06. The van der Waals surface area contributed by atoms with Gasteiger partial charge in [-0.15, -0.1) is 0 Å². The number of methoxy groups -OCH3 is 1. The van der Waals surface area contributed by atoms with Gasteiger partial charge in [-0.3, -0.25) is 24.2 Å². The number of amides is 4. The van der Waals surface area contributed by atoms with Crippen LogP contribution in [0.3, 0.4) is 0 Å². The third-order valence-electron chi connectivity index (χ3n) is 9.98.